The van der Waals surface area contributed by atoms with Gasteiger partial charge in [0.15, 0.2) is 0 Å². The first kappa shape index (κ1) is 20.3. The Bertz CT molecular complexity index is 933. The van der Waals surface area contributed by atoms with E-state index in [1.807, 2.05) is 49.1 Å². The van der Waals surface area contributed by atoms with Crippen LogP contribution in [0.15, 0.2) is 54.6 Å². The number of hydrogen-bond donors (Lipinski definition) is 0. The van der Waals surface area contributed by atoms with E-state index < -0.39 is 0 Å². The van der Waals surface area contributed by atoms with E-state index in [1.54, 1.807) is 11.3 Å². The highest BCUT2D eigenvalue weighted by atomic mass is 32.1. The Balaban J connectivity index is 2.03. The van der Waals surface area contributed by atoms with Gasteiger partial charge in [-0.05, 0) is 31.5 Å². The number of hydrogen-bond acceptors (Lipinski definition) is 3. The summed E-state index contributed by atoms with van der Waals surface area (Å²) in [5, 5.41) is 1.12. The van der Waals surface area contributed by atoms with Crippen molar-refractivity contribution in [3.63, 3.8) is 0 Å². The third-order valence-electron chi connectivity index (χ3n) is 4.76. The van der Waals surface area contributed by atoms with Crippen LogP contribution in [0.25, 0.3) is 21.7 Å². The van der Waals surface area contributed by atoms with Gasteiger partial charge in [-0.3, -0.25) is 4.79 Å². The zero-order valence-corrected chi connectivity index (χ0v) is 18.1. The number of amides is 1. The van der Waals surface area contributed by atoms with Gasteiger partial charge in [-0.15, -0.1) is 11.3 Å². The Labute approximate surface area is 172 Å². The number of aromatic nitrogens is 1. The van der Waals surface area contributed by atoms with Crippen LogP contribution in [0, 0.1) is 0 Å². The monoisotopic (exact) mass is 392 g/mol. The summed E-state index contributed by atoms with van der Waals surface area (Å²) in [6, 6.07) is 18.3. The first-order chi connectivity index (χ1) is 13.3. The van der Waals surface area contributed by atoms with Crippen LogP contribution in [-0.4, -0.2) is 28.9 Å². The molecule has 28 heavy (non-hydrogen) atoms. The maximum absolute atomic E-state index is 12.6. The normalized spacial score (nSPS) is 11.5. The summed E-state index contributed by atoms with van der Waals surface area (Å²) in [6.45, 7) is 12.0. The van der Waals surface area contributed by atoms with Crippen molar-refractivity contribution in [1.29, 1.82) is 0 Å². The fourth-order valence-corrected chi connectivity index (χ4v) is 4.24. The second kappa shape index (κ2) is 8.27. The van der Waals surface area contributed by atoms with Crippen molar-refractivity contribution < 1.29 is 4.79 Å². The Morgan fingerprint density at radius 3 is 2.07 bits per heavy atom. The Morgan fingerprint density at radius 1 is 0.929 bits per heavy atom. The first-order valence-electron chi connectivity index (χ1n) is 9.81. The van der Waals surface area contributed by atoms with Crippen molar-refractivity contribution in [2.75, 3.05) is 13.1 Å². The standard InChI is InChI=1S/C24H28N2OS/c1-6-26(7-2)22(27)19-15-13-17(14-16-19)20-21(18-11-9-8-10-12-18)28-23(25-20)24(3,4)5/h8-16H,6-7H2,1-5H3. The fraction of sp³-hybridized carbons (Fsp3) is 0.333. The molecule has 0 saturated carbocycles. The van der Waals surface area contributed by atoms with Gasteiger partial charge in [-0.2, -0.15) is 0 Å². The number of nitrogens with zero attached hydrogens (tertiary/aromatic N) is 2. The molecule has 0 N–H and O–H groups in total. The van der Waals surface area contributed by atoms with Crippen molar-refractivity contribution in [1.82, 2.24) is 9.88 Å². The van der Waals surface area contributed by atoms with E-state index in [4.69, 9.17) is 4.98 Å². The van der Waals surface area contributed by atoms with Crippen molar-refractivity contribution in [3.05, 3.63) is 65.2 Å². The maximum Gasteiger partial charge on any atom is 0.253 e. The molecule has 3 aromatic rings. The number of rotatable bonds is 5. The van der Waals surface area contributed by atoms with Gasteiger partial charge >= 0.3 is 0 Å². The maximum atomic E-state index is 12.6. The number of benzene rings is 2. The quantitative estimate of drug-likeness (QED) is 0.514. The van der Waals surface area contributed by atoms with E-state index >= 15 is 0 Å². The van der Waals surface area contributed by atoms with Crippen molar-refractivity contribution in [3.8, 4) is 21.7 Å². The average Bonchev–Trinajstić information content (AvgIpc) is 3.15. The highest BCUT2D eigenvalue weighted by Gasteiger charge is 2.23. The fourth-order valence-electron chi connectivity index (χ4n) is 3.09. The molecule has 0 aliphatic heterocycles. The van der Waals surface area contributed by atoms with Gasteiger partial charge in [-0.1, -0.05) is 63.2 Å². The molecular formula is C24H28N2OS. The molecule has 3 nitrogen and oxygen atoms in total. The molecule has 0 saturated heterocycles. The molecule has 0 atom stereocenters. The third-order valence-corrected chi connectivity index (χ3v) is 6.29. The van der Waals surface area contributed by atoms with Crippen molar-refractivity contribution in [2.24, 2.45) is 0 Å². The lowest BCUT2D eigenvalue weighted by Gasteiger charge is -2.18. The molecule has 0 unspecified atom stereocenters. The summed E-state index contributed by atoms with van der Waals surface area (Å²) in [6.07, 6.45) is 0. The number of thiazole rings is 1. The van der Waals surface area contributed by atoms with Gasteiger partial charge in [0.25, 0.3) is 5.91 Å². The SMILES string of the molecule is CCN(CC)C(=O)c1ccc(-c2nc(C(C)(C)C)sc2-c2ccccc2)cc1. The van der Waals surface area contributed by atoms with Crippen LogP contribution in [0.4, 0.5) is 0 Å². The van der Waals surface area contributed by atoms with Crippen LogP contribution in [0.2, 0.25) is 0 Å². The second-order valence-electron chi connectivity index (χ2n) is 7.87. The minimum atomic E-state index is -0.00882. The van der Waals surface area contributed by atoms with Crippen LogP contribution in [0.5, 0.6) is 0 Å². The minimum Gasteiger partial charge on any atom is -0.339 e. The third kappa shape index (κ3) is 4.17. The molecule has 0 fully saturated rings. The highest BCUT2D eigenvalue weighted by molar-refractivity contribution is 7.15. The summed E-state index contributed by atoms with van der Waals surface area (Å²) in [4.78, 5) is 20.6. The molecule has 3 rings (SSSR count). The molecule has 0 aliphatic rings. The largest absolute Gasteiger partial charge is 0.339 e. The van der Waals surface area contributed by atoms with Crippen LogP contribution in [-0.2, 0) is 5.41 Å². The van der Waals surface area contributed by atoms with Crippen molar-refractivity contribution >= 4 is 17.2 Å². The van der Waals surface area contributed by atoms with Gasteiger partial charge in [0, 0.05) is 29.6 Å². The lowest BCUT2D eigenvalue weighted by atomic mass is 9.98. The molecule has 0 spiro atoms. The first-order valence-corrected chi connectivity index (χ1v) is 10.6. The van der Waals surface area contributed by atoms with E-state index in [0.717, 1.165) is 34.9 Å². The molecule has 0 bridgehead atoms. The van der Waals surface area contributed by atoms with E-state index in [9.17, 15) is 4.79 Å². The molecule has 1 amide bonds. The molecule has 2 aromatic carbocycles. The van der Waals surface area contributed by atoms with E-state index in [1.165, 1.54) is 10.4 Å². The molecular weight excluding hydrogens is 364 g/mol. The number of carbonyl (C=O) groups is 1. The smallest absolute Gasteiger partial charge is 0.253 e. The summed E-state index contributed by atoms with van der Waals surface area (Å²) in [7, 11) is 0. The minimum absolute atomic E-state index is 0.00882. The molecule has 4 heteroatoms. The van der Waals surface area contributed by atoms with Crippen LogP contribution in [0.1, 0.15) is 50.0 Å². The van der Waals surface area contributed by atoms with Gasteiger partial charge in [0.05, 0.1) is 15.6 Å². The Hall–Kier alpha value is -2.46. The molecule has 0 aliphatic carbocycles. The Morgan fingerprint density at radius 2 is 1.54 bits per heavy atom. The summed E-state index contributed by atoms with van der Waals surface area (Å²) in [5.74, 6) is 0.0773. The van der Waals surface area contributed by atoms with Gasteiger partial charge in [0.1, 0.15) is 0 Å². The molecule has 146 valence electrons. The van der Waals surface area contributed by atoms with Gasteiger partial charge < -0.3 is 4.90 Å². The van der Waals surface area contributed by atoms with E-state index in [2.05, 4.69) is 45.0 Å². The summed E-state index contributed by atoms with van der Waals surface area (Å²) >= 11 is 1.75. The Kier molecular flexibility index (Phi) is 5.99. The number of carbonyl (C=O) groups excluding carboxylic acids is 1. The van der Waals surface area contributed by atoms with Crippen LogP contribution >= 0.6 is 11.3 Å². The second-order valence-corrected chi connectivity index (χ2v) is 8.87. The van der Waals surface area contributed by atoms with Crippen molar-refractivity contribution in [2.45, 2.75) is 40.0 Å². The van der Waals surface area contributed by atoms with Gasteiger partial charge in [-0.25, -0.2) is 4.98 Å². The molecule has 1 heterocycles. The summed E-state index contributed by atoms with van der Waals surface area (Å²) < 4.78 is 0. The predicted octanol–water partition coefficient (Wildman–Crippen LogP) is 6.26. The van der Waals surface area contributed by atoms with Crippen LogP contribution in [0.3, 0.4) is 0 Å². The van der Waals surface area contributed by atoms with Gasteiger partial charge in [0.2, 0.25) is 0 Å². The topological polar surface area (TPSA) is 33.2 Å². The summed E-state index contributed by atoms with van der Waals surface area (Å²) in [5.41, 5.74) is 3.92. The zero-order chi connectivity index (χ0) is 20.3. The molecule has 1 aromatic heterocycles. The lowest BCUT2D eigenvalue weighted by Crippen LogP contribution is -2.30. The highest BCUT2D eigenvalue weighted by Crippen LogP contribution is 2.40. The predicted molar refractivity (Wildman–Crippen MR) is 119 cm³/mol. The van der Waals surface area contributed by atoms with E-state index in [-0.39, 0.29) is 11.3 Å². The van der Waals surface area contributed by atoms with E-state index in [0.29, 0.717) is 0 Å². The lowest BCUT2D eigenvalue weighted by molar-refractivity contribution is 0.0773. The van der Waals surface area contributed by atoms with Crippen LogP contribution < -0.4 is 0 Å². The zero-order valence-electron chi connectivity index (χ0n) is 17.3. The molecule has 0 radical (unpaired) electrons. The average molecular weight is 393 g/mol.